The van der Waals surface area contributed by atoms with E-state index in [2.05, 4.69) is 41.8 Å². The van der Waals surface area contributed by atoms with E-state index in [1.54, 1.807) is 29.4 Å². The minimum Gasteiger partial charge on any atom is -0.410 e. The molecular formula is C30H44Cl2N11O6PS. The number of amides is 1. The van der Waals surface area contributed by atoms with Gasteiger partial charge in [-0.2, -0.15) is 0 Å². The van der Waals surface area contributed by atoms with Crippen molar-refractivity contribution in [3.05, 3.63) is 58.9 Å². The standard InChI is InChI=1S/C14H22N2O2.C9H7N7O2S.C7H15Cl2N2O2P/c1-6-16(5)14(17)18-13-9-7-8-12(10-13)11(2)15(3)4;1-15-4-14-7(16(17)18)9(15)19-8-5-6(11-2-10-5)12-3-13-8;8-2-4-10-14(12)11(6-3-9)5-1-7-13-14/h7-11H,6H2,1-5H3;2-4H,1H3,(H,10,11,12,13);1-7H2,(H,10,12)/t11-;;/m0../s1. The number of carbonyl (C=O) groups is 1. The van der Waals surface area contributed by atoms with E-state index in [4.69, 9.17) is 32.5 Å². The van der Waals surface area contributed by atoms with Crippen molar-refractivity contribution in [1.82, 2.24) is 49.0 Å². The summed E-state index contributed by atoms with van der Waals surface area (Å²) in [5.74, 6) is 1.27. The van der Waals surface area contributed by atoms with E-state index < -0.39 is 12.6 Å². The van der Waals surface area contributed by atoms with Crippen LogP contribution in [0.4, 0.5) is 10.6 Å². The Bertz CT molecular complexity index is 1760. The Hall–Kier alpha value is -3.35. The topological polar surface area (TPSA) is 190 Å². The van der Waals surface area contributed by atoms with Gasteiger partial charge in [0.2, 0.25) is 6.33 Å². The van der Waals surface area contributed by atoms with Crippen molar-refractivity contribution >= 4 is 65.7 Å². The molecule has 21 heteroatoms. The molecule has 3 aromatic heterocycles. The molecule has 2 N–H and O–H groups in total. The molecule has 1 aromatic carbocycles. The van der Waals surface area contributed by atoms with E-state index in [9.17, 15) is 19.5 Å². The van der Waals surface area contributed by atoms with Crippen LogP contribution in [0.1, 0.15) is 31.9 Å². The number of H-pyrrole nitrogens is 1. The number of hydrogen-bond donors (Lipinski definition) is 2. The normalized spacial score (nSPS) is 16.5. The average molecular weight is 789 g/mol. The van der Waals surface area contributed by atoms with Gasteiger partial charge >= 0.3 is 19.6 Å². The fourth-order valence-electron chi connectivity index (χ4n) is 4.32. The van der Waals surface area contributed by atoms with Gasteiger partial charge in [0.25, 0.3) is 0 Å². The lowest BCUT2D eigenvalue weighted by atomic mass is 10.1. The first-order valence-electron chi connectivity index (χ1n) is 15.9. The van der Waals surface area contributed by atoms with Crippen LogP contribution >= 0.6 is 42.6 Å². The molecule has 2 atom stereocenters. The molecule has 1 saturated heterocycles. The fourth-order valence-corrected chi connectivity index (χ4v) is 7.81. The van der Waals surface area contributed by atoms with Crippen molar-refractivity contribution in [3.63, 3.8) is 0 Å². The summed E-state index contributed by atoms with van der Waals surface area (Å²) in [7, 11) is 4.61. The van der Waals surface area contributed by atoms with Gasteiger partial charge in [0.05, 0.1) is 12.9 Å². The van der Waals surface area contributed by atoms with Crippen LogP contribution in [0.15, 0.2) is 53.3 Å². The molecule has 0 spiro atoms. The molecule has 51 heavy (non-hydrogen) atoms. The SMILES string of the molecule is CCN(C)C(=O)Oc1cccc([C@H](C)N(C)C)c1.Cn1cnc([N+](=O)[O-])c1Sc1ncnc2nc[nH]c12.O=P1(NCCCl)OCCCN1CCCl. The van der Waals surface area contributed by atoms with Gasteiger partial charge in [-0.3, -0.25) is 4.57 Å². The van der Waals surface area contributed by atoms with E-state index in [1.807, 2.05) is 39.2 Å². The van der Waals surface area contributed by atoms with E-state index in [0.29, 0.717) is 65.0 Å². The summed E-state index contributed by atoms with van der Waals surface area (Å²) in [6.45, 7) is 7.01. The third-order valence-corrected chi connectivity index (χ3v) is 11.3. The van der Waals surface area contributed by atoms with Crippen LogP contribution in [-0.4, -0.2) is 121 Å². The number of alkyl halides is 2. The van der Waals surface area contributed by atoms with Crippen molar-refractivity contribution in [1.29, 1.82) is 0 Å². The number of nitro groups is 1. The van der Waals surface area contributed by atoms with Gasteiger partial charge in [-0.1, -0.05) is 12.1 Å². The first kappa shape index (κ1) is 42.1. The predicted octanol–water partition coefficient (Wildman–Crippen LogP) is 5.79. The van der Waals surface area contributed by atoms with Crippen LogP contribution in [0.25, 0.3) is 11.2 Å². The molecule has 4 aromatic rings. The number of rotatable bonds is 12. The van der Waals surface area contributed by atoms with Gasteiger partial charge in [0.15, 0.2) is 10.7 Å². The van der Waals surface area contributed by atoms with Crippen LogP contribution in [-0.2, 0) is 16.1 Å². The van der Waals surface area contributed by atoms with Crippen molar-refractivity contribution < 1.29 is 23.5 Å². The highest BCUT2D eigenvalue weighted by Crippen LogP contribution is 2.48. The number of aromatic amines is 1. The lowest BCUT2D eigenvalue weighted by Crippen LogP contribution is -2.36. The van der Waals surface area contributed by atoms with Gasteiger partial charge in [-0.25, -0.2) is 29.5 Å². The molecule has 17 nitrogen and oxygen atoms in total. The molecule has 1 fully saturated rings. The second-order valence-electron chi connectivity index (χ2n) is 11.2. The zero-order valence-corrected chi connectivity index (χ0v) is 32.6. The minimum absolute atomic E-state index is 0.196. The molecule has 1 aliphatic rings. The number of nitrogens with one attached hydrogen (secondary N) is 2. The highest BCUT2D eigenvalue weighted by molar-refractivity contribution is 7.99. The molecule has 280 valence electrons. The molecule has 1 aliphatic heterocycles. The van der Waals surface area contributed by atoms with Crippen LogP contribution in [0, 0.1) is 10.1 Å². The molecule has 5 rings (SSSR count). The second-order valence-corrected chi connectivity index (χ2v) is 15.1. The number of nitrogens with zero attached hydrogens (tertiary/aromatic N) is 9. The number of ether oxygens (including phenoxy) is 1. The molecule has 0 radical (unpaired) electrons. The number of aromatic nitrogens is 6. The van der Waals surface area contributed by atoms with E-state index in [-0.39, 0.29) is 18.0 Å². The molecule has 4 heterocycles. The quantitative estimate of drug-likeness (QED) is 0.0577. The summed E-state index contributed by atoms with van der Waals surface area (Å²) in [6.07, 6.45) is 4.83. The smallest absolute Gasteiger partial charge is 0.410 e. The maximum absolute atomic E-state index is 12.2. The molecule has 0 saturated carbocycles. The first-order chi connectivity index (χ1) is 24.3. The predicted molar refractivity (Wildman–Crippen MR) is 198 cm³/mol. The van der Waals surface area contributed by atoms with Crippen molar-refractivity contribution in [2.24, 2.45) is 7.05 Å². The Morgan fingerprint density at radius 1 is 1.24 bits per heavy atom. The van der Waals surface area contributed by atoms with Crippen LogP contribution in [0.5, 0.6) is 5.75 Å². The highest BCUT2D eigenvalue weighted by atomic mass is 35.5. The van der Waals surface area contributed by atoms with Gasteiger partial charge in [-0.15, -0.1) is 23.2 Å². The van der Waals surface area contributed by atoms with Gasteiger partial charge in [-0.05, 0) is 73.7 Å². The van der Waals surface area contributed by atoms with Gasteiger partial charge in [0, 0.05) is 58.1 Å². The summed E-state index contributed by atoms with van der Waals surface area (Å²) < 4.78 is 26.1. The number of imidazole rings is 2. The Morgan fingerprint density at radius 2 is 2.00 bits per heavy atom. The number of benzene rings is 1. The fraction of sp³-hybridized carbons (Fsp3) is 0.500. The summed E-state index contributed by atoms with van der Waals surface area (Å²) in [6, 6.07) is 7.93. The highest BCUT2D eigenvalue weighted by Gasteiger charge is 2.33. The van der Waals surface area contributed by atoms with Crippen LogP contribution in [0.3, 0.4) is 0 Å². The minimum atomic E-state index is -2.84. The summed E-state index contributed by atoms with van der Waals surface area (Å²) in [5.41, 5.74) is 2.29. The number of aryl methyl sites for hydroxylation is 1. The molecule has 0 bridgehead atoms. The third kappa shape index (κ3) is 12.1. The molecule has 0 aliphatic carbocycles. The maximum atomic E-state index is 12.2. The summed E-state index contributed by atoms with van der Waals surface area (Å²) in [5, 5.41) is 14.7. The lowest BCUT2D eigenvalue weighted by Gasteiger charge is -2.34. The lowest BCUT2D eigenvalue weighted by molar-refractivity contribution is -0.392. The Labute approximate surface area is 311 Å². The number of hydrogen-bond acceptors (Lipinski definition) is 12. The summed E-state index contributed by atoms with van der Waals surface area (Å²) >= 11 is 12.3. The van der Waals surface area contributed by atoms with Crippen molar-refractivity contribution in [2.45, 2.75) is 36.4 Å². The molecular weight excluding hydrogens is 744 g/mol. The van der Waals surface area contributed by atoms with Crippen LogP contribution in [0.2, 0.25) is 0 Å². The number of carbonyl (C=O) groups excluding carboxylic acids is 1. The van der Waals surface area contributed by atoms with Crippen molar-refractivity contribution in [3.8, 4) is 5.75 Å². The average Bonchev–Trinajstić information content (AvgIpc) is 3.75. The summed E-state index contributed by atoms with van der Waals surface area (Å²) in [4.78, 5) is 44.5. The van der Waals surface area contributed by atoms with Crippen molar-refractivity contribution in [2.75, 3.05) is 65.7 Å². The Morgan fingerprint density at radius 3 is 2.67 bits per heavy atom. The van der Waals surface area contributed by atoms with Crippen LogP contribution < -0.4 is 9.82 Å². The number of fused-ring (bicyclic) bond motifs is 1. The third-order valence-electron chi connectivity index (χ3n) is 7.47. The second kappa shape index (κ2) is 20.6. The number of halogens is 2. The first-order valence-corrected chi connectivity index (χ1v) is 19.3. The maximum Gasteiger partial charge on any atom is 0.414 e. The van der Waals surface area contributed by atoms with E-state index >= 15 is 0 Å². The molecule has 1 amide bonds. The molecule has 1 unspecified atom stereocenters. The Balaban J connectivity index is 0.000000209. The van der Waals surface area contributed by atoms with Gasteiger partial charge in [0.1, 0.15) is 22.6 Å². The zero-order chi connectivity index (χ0) is 37.6. The van der Waals surface area contributed by atoms with Gasteiger partial charge < -0.3 is 38.7 Å². The van der Waals surface area contributed by atoms with E-state index in [0.717, 1.165) is 30.3 Å². The Kier molecular flexibility index (Phi) is 17.0. The van der Waals surface area contributed by atoms with E-state index in [1.165, 1.54) is 23.9 Å². The largest absolute Gasteiger partial charge is 0.414 e. The zero-order valence-electron chi connectivity index (χ0n) is 29.4. The monoisotopic (exact) mass is 787 g/mol.